The van der Waals surface area contributed by atoms with Gasteiger partial charge in [0, 0.05) is 6.42 Å². The lowest BCUT2D eigenvalue weighted by atomic mass is 10.0. The highest BCUT2D eigenvalue weighted by Gasteiger charge is 2.29. The van der Waals surface area contributed by atoms with Gasteiger partial charge in [0.2, 0.25) is 3.79 Å². The lowest BCUT2D eigenvalue weighted by molar-refractivity contribution is -0.117. The Balaban J connectivity index is 2.29. The number of alkyl halides is 3. The number of Topliss-reactive ketones (excluding diaryl/α,β-unsaturated/α-hetero) is 1. The fraction of sp³-hybridized carbons (Fsp3) is 0.154. The maximum Gasteiger partial charge on any atom is 0.249 e. The molecule has 0 spiro atoms. The van der Waals surface area contributed by atoms with Crippen LogP contribution in [0.3, 0.4) is 0 Å². The van der Waals surface area contributed by atoms with Gasteiger partial charge >= 0.3 is 0 Å². The van der Waals surface area contributed by atoms with Gasteiger partial charge in [0.1, 0.15) is 0 Å². The smallest absolute Gasteiger partial charge is 0.249 e. The van der Waals surface area contributed by atoms with Crippen LogP contribution in [0.4, 0.5) is 0 Å². The minimum atomic E-state index is -1.84. The van der Waals surface area contributed by atoms with Gasteiger partial charge in [-0.2, -0.15) is 0 Å². The Morgan fingerprint density at radius 2 is 1.65 bits per heavy atom. The predicted octanol–water partition coefficient (Wildman–Crippen LogP) is 4.32. The molecule has 0 aliphatic rings. The number of ketones is 1. The zero-order valence-corrected chi connectivity index (χ0v) is 11.1. The topological polar surface area (TPSA) is 17.1 Å². The molecular weight excluding hydrogens is 279 g/mol. The molecule has 88 valence electrons. The largest absolute Gasteiger partial charge is 0.294 e. The van der Waals surface area contributed by atoms with Crippen LogP contribution in [0.1, 0.15) is 5.56 Å². The van der Waals surface area contributed by atoms with E-state index in [1.54, 1.807) is 0 Å². The summed E-state index contributed by atoms with van der Waals surface area (Å²) in [4.78, 5) is 11.6. The van der Waals surface area contributed by atoms with Crippen molar-refractivity contribution in [3.05, 3.63) is 48.0 Å². The molecule has 0 bridgehead atoms. The molecule has 0 unspecified atom stereocenters. The van der Waals surface area contributed by atoms with E-state index in [0.29, 0.717) is 0 Å². The third kappa shape index (κ3) is 3.12. The Kier molecular flexibility index (Phi) is 3.62. The van der Waals surface area contributed by atoms with E-state index in [4.69, 9.17) is 34.8 Å². The highest BCUT2D eigenvalue weighted by molar-refractivity contribution is 6.76. The molecule has 4 heteroatoms. The second-order valence-electron chi connectivity index (χ2n) is 3.78. The van der Waals surface area contributed by atoms with Crippen LogP contribution in [-0.4, -0.2) is 9.58 Å². The Bertz CT molecular complexity index is 558. The maximum absolute atomic E-state index is 11.6. The van der Waals surface area contributed by atoms with Crippen LogP contribution >= 0.6 is 34.8 Å². The Morgan fingerprint density at radius 1 is 1.00 bits per heavy atom. The SMILES string of the molecule is O=C(Cc1ccc2ccccc2c1)C(Cl)(Cl)Cl. The fourth-order valence-corrected chi connectivity index (χ4v) is 1.83. The monoisotopic (exact) mass is 286 g/mol. The first-order valence-electron chi connectivity index (χ1n) is 5.04. The summed E-state index contributed by atoms with van der Waals surface area (Å²) in [6, 6.07) is 13.7. The molecule has 2 aromatic rings. The average Bonchev–Trinajstić information content (AvgIpc) is 2.27. The number of halogens is 3. The van der Waals surface area contributed by atoms with Crippen LogP contribution in [-0.2, 0) is 11.2 Å². The van der Waals surface area contributed by atoms with Gasteiger partial charge in [-0.25, -0.2) is 0 Å². The van der Waals surface area contributed by atoms with Crippen molar-refractivity contribution in [2.45, 2.75) is 10.2 Å². The van der Waals surface area contributed by atoms with Crippen molar-refractivity contribution in [2.24, 2.45) is 0 Å². The van der Waals surface area contributed by atoms with E-state index in [-0.39, 0.29) is 6.42 Å². The molecule has 17 heavy (non-hydrogen) atoms. The second-order valence-corrected chi connectivity index (χ2v) is 6.06. The first kappa shape index (κ1) is 12.7. The highest BCUT2D eigenvalue weighted by atomic mass is 35.6. The standard InChI is InChI=1S/C13H9Cl3O/c14-13(15,16)12(17)8-9-5-6-10-3-1-2-4-11(10)7-9/h1-7H,8H2. The van der Waals surface area contributed by atoms with Gasteiger partial charge in [-0.3, -0.25) is 4.79 Å². The van der Waals surface area contributed by atoms with Crippen molar-refractivity contribution >= 4 is 51.4 Å². The molecule has 0 aromatic heterocycles. The summed E-state index contributed by atoms with van der Waals surface area (Å²) >= 11 is 16.6. The van der Waals surface area contributed by atoms with Crippen LogP contribution in [0.15, 0.2) is 42.5 Å². The summed E-state index contributed by atoms with van der Waals surface area (Å²) in [5, 5.41) is 2.19. The van der Waals surface area contributed by atoms with Gasteiger partial charge in [-0.1, -0.05) is 77.3 Å². The molecule has 0 fully saturated rings. The van der Waals surface area contributed by atoms with E-state index < -0.39 is 9.58 Å². The molecule has 0 aliphatic heterocycles. The molecule has 0 saturated heterocycles. The first-order chi connectivity index (χ1) is 7.97. The van der Waals surface area contributed by atoms with Crippen LogP contribution < -0.4 is 0 Å². The molecule has 1 nitrogen and oxygen atoms in total. The molecule has 2 aromatic carbocycles. The minimum absolute atomic E-state index is 0.126. The lowest BCUT2D eigenvalue weighted by Crippen LogP contribution is -2.20. The molecule has 0 radical (unpaired) electrons. The van der Waals surface area contributed by atoms with Gasteiger partial charge in [0.15, 0.2) is 5.78 Å². The molecule has 0 heterocycles. The van der Waals surface area contributed by atoms with Gasteiger partial charge in [0.25, 0.3) is 0 Å². The van der Waals surface area contributed by atoms with Crippen LogP contribution in [0.2, 0.25) is 0 Å². The van der Waals surface area contributed by atoms with Crippen molar-refractivity contribution in [2.75, 3.05) is 0 Å². The van der Waals surface area contributed by atoms with Crippen molar-refractivity contribution in [1.82, 2.24) is 0 Å². The molecule has 0 N–H and O–H groups in total. The van der Waals surface area contributed by atoms with Gasteiger partial charge < -0.3 is 0 Å². The zero-order chi connectivity index (χ0) is 12.5. The van der Waals surface area contributed by atoms with E-state index >= 15 is 0 Å². The number of fused-ring (bicyclic) bond motifs is 1. The van der Waals surface area contributed by atoms with Gasteiger partial charge in [-0.15, -0.1) is 0 Å². The minimum Gasteiger partial charge on any atom is -0.294 e. The molecule has 2 rings (SSSR count). The normalized spacial score (nSPS) is 11.7. The molecule has 0 atom stereocenters. The number of hydrogen-bond donors (Lipinski definition) is 0. The number of benzene rings is 2. The summed E-state index contributed by atoms with van der Waals surface area (Å²) in [5.41, 5.74) is 0.847. The number of rotatable bonds is 2. The molecule has 0 amide bonds. The summed E-state index contributed by atoms with van der Waals surface area (Å²) in [7, 11) is 0. The Morgan fingerprint density at radius 3 is 2.29 bits per heavy atom. The Hall–Kier alpha value is -0.760. The van der Waals surface area contributed by atoms with E-state index in [0.717, 1.165) is 16.3 Å². The van der Waals surface area contributed by atoms with E-state index in [1.807, 2.05) is 42.5 Å². The summed E-state index contributed by atoms with van der Waals surface area (Å²) < 4.78 is -1.84. The molecule has 0 aliphatic carbocycles. The first-order valence-corrected chi connectivity index (χ1v) is 6.18. The summed E-state index contributed by atoms with van der Waals surface area (Å²) in [5.74, 6) is -0.419. The van der Waals surface area contributed by atoms with Gasteiger partial charge in [0.05, 0.1) is 0 Å². The quantitative estimate of drug-likeness (QED) is 0.752. The maximum atomic E-state index is 11.6. The zero-order valence-electron chi connectivity index (χ0n) is 8.79. The van der Waals surface area contributed by atoms with Crippen molar-refractivity contribution in [3.8, 4) is 0 Å². The fourth-order valence-electron chi connectivity index (χ4n) is 1.63. The summed E-state index contributed by atoms with van der Waals surface area (Å²) in [6.45, 7) is 0. The lowest BCUT2D eigenvalue weighted by Gasteiger charge is -2.09. The molecule has 0 saturated carbocycles. The number of carbonyl (C=O) groups excluding carboxylic acids is 1. The third-order valence-electron chi connectivity index (χ3n) is 2.49. The van der Waals surface area contributed by atoms with Gasteiger partial charge in [-0.05, 0) is 16.3 Å². The average molecular weight is 288 g/mol. The van der Waals surface area contributed by atoms with E-state index in [1.165, 1.54) is 0 Å². The highest BCUT2D eigenvalue weighted by Crippen LogP contribution is 2.29. The van der Waals surface area contributed by atoms with Crippen molar-refractivity contribution in [3.63, 3.8) is 0 Å². The Labute approximate surface area is 114 Å². The van der Waals surface area contributed by atoms with Crippen LogP contribution in [0.25, 0.3) is 10.8 Å². The third-order valence-corrected chi connectivity index (χ3v) is 3.13. The van der Waals surface area contributed by atoms with Crippen molar-refractivity contribution < 1.29 is 4.79 Å². The van der Waals surface area contributed by atoms with Crippen LogP contribution in [0, 0.1) is 0 Å². The number of carbonyl (C=O) groups is 1. The van der Waals surface area contributed by atoms with E-state index in [2.05, 4.69) is 0 Å². The van der Waals surface area contributed by atoms with Crippen LogP contribution in [0.5, 0.6) is 0 Å². The van der Waals surface area contributed by atoms with E-state index in [9.17, 15) is 4.79 Å². The summed E-state index contributed by atoms with van der Waals surface area (Å²) in [6.07, 6.45) is 0.126. The second kappa shape index (κ2) is 4.85. The number of hydrogen-bond acceptors (Lipinski definition) is 1. The van der Waals surface area contributed by atoms with Crippen molar-refractivity contribution in [1.29, 1.82) is 0 Å². The molecular formula is C13H9Cl3O. The predicted molar refractivity (Wildman–Crippen MR) is 72.9 cm³/mol.